The van der Waals surface area contributed by atoms with Gasteiger partial charge in [0.2, 0.25) is 11.8 Å². The molecule has 0 aliphatic carbocycles. The molecule has 0 spiro atoms. The molecule has 16 nitrogen and oxygen atoms in total. The second-order valence-corrected chi connectivity index (χ2v) is 8.63. The number of esters is 2. The zero-order valence-electron chi connectivity index (χ0n) is 21.5. The van der Waals surface area contributed by atoms with Crippen LogP contribution < -0.4 is 33.6 Å². The zero-order valence-corrected chi connectivity index (χ0v) is 24.6. The molecule has 2 rings (SSSR count). The summed E-state index contributed by atoms with van der Waals surface area (Å²) in [6, 6.07) is 2.44. The molecular formula is C22H26Br2N8O8. The Balaban J connectivity index is 0.000000699. The third-order valence-corrected chi connectivity index (χ3v) is 5.70. The van der Waals surface area contributed by atoms with Crippen molar-refractivity contribution in [1.29, 1.82) is 5.26 Å². The molecule has 216 valence electrons. The third kappa shape index (κ3) is 9.85. The number of guanidine groups is 1. The number of hydrogen-bond acceptors (Lipinski definition) is 12. The first-order valence-electron chi connectivity index (χ1n) is 10.3. The summed E-state index contributed by atoms with van der Waals surface area (Å²) in [5.41, 5.74) is 20.8. The van der Waals surface area contributed by atoms with Gasteiger partial charge in [0.25, 0.3) is 0 Å². The Labute approximate surface area is 244 Å². The monoisotopic (exact) mass is 688 g/mol. The summed E-state index contributed by atoms with van der Waals surface area (Å²) >= 11 is 6.13. The average Bonchev–Trinajstić information content (AvgIpc) is 2.87. The number of phenols is 2. The van der Waals surface area contributed by atoms with E-state index in [1.807, 2.05) is 0 Å². The van der Waals surface area contributed by atoms with Crippen LogP contribution in [0.4, 0.5) is 22.7 Å². The van der Waals surface area contributed by atoms with E-state index in [-0.39, 0.29) is 60.4 Å². The van der Waals surface area contributed by atoms with Gasteiger partial charge in [0, 0.05) is 13.8 Å². The lowest BCUT2D eigenvalue weighted by atomic mass is 10.1. The van der Waals surface area contributed by atoms with E-state index in [0.717, 1.165) is 7.11 Å². The number of nitrogens with two attached hydrogens (primary N) is 4. The van der Waals surface area contributed by atoms with E-state index in [2.05, 4.69) is 62.7 Å². The number of nitrogen functional groups attached to an aromatic ring is 1. The first kappa shape index (κ1) is 35.2. The molecule has 0 bridgehead atoms. The van der Waals surface area contributed by atoms with Crippen molar-refractivity contribution in [3.63, 3.8) is 0 Å². The van der Waals surface area contributed by atoms with Gasteiger partial charge in [-0.2, -0.15) is 5.26 Å². The predicted molar refractivity (Wildman–Crippen MR) is 153 cm³/mol. The number of anilines is 3. The van der Waals surface area contributed by atoms with Gasteiger partial charge in [-0.05, 0) is 44.0 Å². The average molecular weight is 690 g/mol. The summed E-state index contributed by atoms with van der Waals surface area (Å²) in [7, 11) is 2.35. The first-order valence-corrected chi connectivity index (χ1v) is 11.9. The van der Waals surface area contributed by atoms with Crippen LogP contribution in [-0.4, -0.2) is 54.1 Å². The Kier molecular flexibility index (Phi) is 14.3. The fourth-order valence-corrected chi connectivity index (χ4v) is 3.70. The molecule has 0 aliphatic rings. The number of halogens is 2. The molecule has 0 saturated carbocycles. The van der Waals surface area contributed by atoms with Gasteiger partial charge in [-0.25, -0.2) is 14.6 Å². The van der Waals surface area contributed by atoms with Crippen LogP contribution >= 0.6 is 31.9 Å². The van der Waals surface area contributed by atoms with Gasteiger partial charge in [-0.1, -0.05) is 0 Å². The lowest BCUT2D eigenvalue weighted by Gasteiger charge is -2.13. The molecular weight excluding hydrogens is 664 g/mol. The number of aliphatic imine (C=N–C) groups is 1. The van der Waals surface area contributed by atoms with Crippen LogP contribution in [0.15, 0.2) is 26.1 Å². The molecule has 0 aromatic heterocycles. The van der Waals surface area contributed by atoms with Gasteiger partial charge in [0.05, 0.1) is 45.9 Å². The van der Waals surface area contributed by atoms with Crippen molar-refractivity contribution in [3.8, 4) is 17.7 Å². The smallest absolute Gasteiger partial charge is 0.341 e. The largest absolute Gasteiger partial charge is 0.506 e. The van der Waals surface area contributed by atoms with Crippen molar-refractivity contribution in [2.45, 2.75) is 13.8 Å². The highest BCUT2D eigenvalue weighted by atomic mass is 79.9. The summed E-state index contributed by atoms with van der Waals surface area (Å²) in [6.07, 6.45) is 1.25. The van der Waals surface area contributed by atoms with Crippen LogP contribution in [-0.2, 0) is 19.1 Å². The lowest BCUT2D eigenvalue weighted by molar-refractivity contribution is -0.115. The molecule has 2 aromatic carbocycles. The predicted octanol–water partition coefficient (Wildman–Crippen LogP) is 1.71. The number of amides is 2. The highest BCUT2D eigenvalue weighted by molar-refractivity contribution is 9.11. The molecule has 0 fully saturated rings. The number of nitrogens with one attached hydrogen (secondary N) is 2. The summed E-state index contributed by atoms with van der Waals surface area (Å²) in [4.78, 5) is 48.8. The van der Waals surface area contributed by atoms with Gasteiger partial charge in [0.1, 0.15) is 22.6 Å². The number of aromatic hydroxyl groups is 2. The number of methoxy groups -OCH3 is 2. The van der Waals surface area contributed by atoms with Gasteiger partial charge in [-0.3, -0.25) is 9.59 Å². The van der Waals surface area contributed by atoms with Crippen molar-refractivity contribution < 1.29 is 38.9 Å². The standard InChI is InChI=1S/C11H13BrN4O4.C10H11BrN2O4.CH2N2/c1-4(17)15-8-6(16-11(13)14)3-5(10(19)20-2)9(18)7(8)12;1-4(14)13-8-6(12)3-5(10(16)17-2)9(15)7(8)11;2-1-3/h3,18H,1-2H3,(H,15,17)(H4,13,14,16);3,15H,12H2,1-2H3,(H,13,14);2H2. The lowest BCUT2D eigenvalue weighted by Crippen LogP contribution is -2.22. The minimum absolute atomic E-state index is 0.0654. The molecule has 40 heavy (non-hydrogen) atoms. The second kappa shape index (κ2) is 16.3. The van der Waals surface area contributed by atoms with Crippen molar-refractivity contribution in [1.82, 2.24) is 0 Å². The maximum atomic E-state index is 11.6. The Bertz CT molecular complexity index is 1370. The van der Waals surface area contributed by atoms with Crippen molar-refractivity contribution >= 4 is 84.3 Å². The topological polar surface area (TPSA) is 291 Å². The van der Waals surface area contributed by atoms with Crippen LogP contribution in [0, 0.1) is 11.5 Å². The number of hydrogen-bond donors (Lipinski definition) is 8. The first-order chi connectivity index (χ1) is 18.6. The van der Waals surface area contributed by atoms with Crippen molar-refractivity contribution in [3.05, 3.63) is 32.2 Å². The van der Waals surface area contributed by atoms with Gasteiger partial charge in [-0.15, -0.1) is 0 Å². The van der Waals surface area contributed by atoms with Crippen LogP contribution in [0.3, 0.4) is 0 Å². The highest BCUT2D eigenvalue weighted by Crippen LogP contribution is 2.42. The number of rotatable bonds is 5. The fraction of sp³-hybridized carbons (Fsp3) is 0.182. The Morgan fingerprint density at radius 3 is 1.65 bits per heavy atom. The number of ether oxygens (including phenoxy) is 2. The number of nitriles is 1. The molecule has 0 radical (unpaired) electrons. The van der Waals surface area contributed by atoms with Gasteiger partial charge < -0.3 is 53.3 Å². The Morgan fingerprint density at radius 2 is 1.27 bits per heavy atom. The SMILES string of the molecule is COC(=O)c1cc(N)c(NC(C)=O)c(Br)c1O.COC(=O)c1cc(N=C(N)N)c(NC(C)=O)c(Br)c1O.N#CN. The van der Waals surface area contributed by atoms with Crippen molar-refractivity contribution in [2.75, 3.05) is 30.6 Å². The van der Waals surface area contributed by atoms with Crippen molar-refractivity contribution in [2.24, 2.45) is 22.2 Å². The van der Waals surface area contributed by atoms with Crippen LogP contribution in [0.25, 0.3) is 0 Å². The minimum atomic E-state index is -0.774. The molecule has 0 unspecified atom stereocenters. The highest BCUT2D eigenvalue weighted by Gasteiger charge is 2.22. The zero-order chi connectivity index (χ0) is 31.3. The Morgan fingerprint density at radius 1 is 0.900 bits per heavy atom. The fourth-order valence-electron chi connectivity index (χ4n) is 2.64. The molecule has 2 aromatic rings. The molecule has 12 N–H and O–H groups in total. The van der Waals surface area contributed by atoms with E-state index in [1.165, 1.54) is 39.3 Å². The molecule has 0 atom stereocenters. The van der Waals surface area contributed by atoms with E-state index < -0.39 is 23.6 Å². The number of carbonyl (C=O) groups excluding carboxylic acids is 4. The van der Waals surface area contributed by atoms with E-state index in [1.54, 1.807) is 0 Å². The summed E-state index contributed by atoms with van der Waals surface area (Å²) in [6.45, 7) is 2.58. The number of benzene rings is 2. The van der Waals surface area contributed by atoms with E-state index >= 15 is 0 Å². The molecule has 0 saturated heterocycles. The number of phenolic OH excluding ortho intramolecular Hbond substituents is 2. The van der Waals surface area contributed by atoms with E-state index in [0.29, 0.717) is 0 Å². The molecule has 0 heterocycles. The Hall–Kier alpha value is -4.76. The second-order valence-electron chi connectivity index (χ2n) is 7.04. The number of carbonyl (C=O) groups is 4. The summed E-state index contributed by atoms with van der Waals surface area (Å²) < 4.78 is 9.22. The van der Waals surface area contributed by atoms with E-state index in [4.69, 9.17) is 22.5 Å². The van der Waals surface area contributed by atoms with Gasteiger partial charge >= 0.3 is 11.9 Å². The molecule has 2 amide bonds. The maximum absolute atomic E-state index is 11.6. The minimum Gasteiger partial charge on any atom is -0.506 e. The third-order valence-electron chi connectivity index (χ3n) is 4.15. The van der Waals surface area contributed by atoms with Crippen LogP contribution in [0.2, 0.25) is 0 Å². The van der Waals surface area contributed by atoms with Crippen LogP contribution in [0.1, 0.15) is 34.6 Å². The molecule has 0 aliphatic heterocycles. The maximum Gasteiger partial charge on any atom is 0.341 e. The quantitative estimate of drug-likeness (QED) is 0.0422. The molecule has 18 heteroatoms. The van der Waals surface area contributed by atoms with Crippen LogP contribution in [0.5, 0.6) is 11.5 Å². The van der Waals surface area contributed by atoms with E-state index in [9.17, 15) is 29.4 Å². The van der Waals surface area contributed by atoms with Gasteiger partial charge in [0.15, 0.2) is 12.2 Å². The summed E-state index contributed by atoms with van der Waals surface area (Å²) in [5, 5.41) is 31.7. The number of nitrogens with zero attached hydrogens (tertiary/aromatic N) is 2. The normalized spacial score (nSPS) is 9.22. The summed E-state index contributed by atoms with van der Waals surface area (Å²) in [5.74, 6) is -3.24.